The standard InChI is InChI=1S/C22H18N2O4/c25-21-19-15-1-2-16(4-3-15)20(19)22(26)23(21)17-9-5-13(6-10-17)14-7-11-18(12-8-14)24(27)28/h1-2,5-12,15-16,19-20H,3-4H2/t15-,16-,19-,20+/m0/s1. The van der Waals surface area contributed by atoms with Crippen molar-refractivity contribution in [3.8, 4) is 11.1 Å². The Hall–Kier alpha value is -3.28. The summed E-state index contributed by atoms with van der Waals surface area (Å²) in [6, 6.07) is 13.5. The molecule has 3 aliphatic carbocycles. The van der Waals surface area contributed by atoms with Crippen molar-refractivity contribution in [2.24, 2.45) is 23.7 Å². The molecule has 28 heavy (non-hydrogen) atoms. The number of nitrogens with zero attached hydrogens (tertiary/aromatic N) is 2. The molecule has 2 aromatic carbocycles. The fourth-order valence-corrected chi connectivity index (χ4v) is 4.91. The molecule has 2 aromatic rings. The number of anilines is 1. The summed E-state index contributed by atoms with van der Waals surface area (Å²) in [6.45, 7) is 0. The van der Waals surface area contributed by atoms with E-state index in [0.717, 1.165) is 24.0 Å². The van der Waals surface area contributed by atoms with Crippen LogP contribution in [0.1, 0.15) is 12.8 Å². The van der Waals surface area contributed by atoms with Gasteiger partial charge in [0.1, 0.15) is 0 Å². The molecule has 0 aromatic heterocycles. The van der Waals surface area contributed by atoms with Gasteiger partial charge in [-0.05, 0) is 60.1 Å². The number of allylic oxidation sites excluding steroid dienone is 2. The van der Waals surface area contributed by atoms with Gasteiger partial charge in [0, 0.05) is 12.1 Å². The number of nitro benzene ring substituents is 1. The van der Waals surface area contributed by atoms with Crippen molar-refractivity contribution >= 4 is 23.2 Å². The van der Waals surface area contributed by atoms with Gasteiger partial charge in [0.15, 0.2) is 0 Å². The van der Waals surface area contributed by atoms with Crippen molar-refractivity contribution in [3.63, 3.8) is 0 Å². The number of hydrogen-bond donors (Lipinski definition) is 0. The third-order valence-electron chi connectivity index (χ3n) is 6.30. The highest BCUT2D eigenvalue weighted by atomic mass is 16.6. The second kappa shape index (κ2) is 6.12. The smallest absolute Gasteiger partial charge is 0.269 e. The molecule has 1 aliphatic heterocycles. The number of benzene rings is 2. The van der Waals surface area contributed by atoms with Crippen molar-refractivity contribution in [2.75, 3.05) is 4.90 Å². The number of rotatable bonds is 3. The van der Waals surface area contributed by atoms with Crippen molar-refractivity contribution in [1.82, 2.24) is 0 Å². The summed E-state index contributed by atoms with van der Waals surface area (Å²) in [5, 5.41) is 10.8. The van der Waals surface area contributed by atoms with Crippen LogP contribution < -0.4 is 4.90 Å². The highest BCUT2D eigenvalue weighted by Gasteiger charge is 2.56. The SMILES string of the molecule is O=C1[C@@H]2[C@H](C(=O)N1c1ccc(-c3ccc([N+](=O)[O-])cc3)cc1)[C@H]1C=C[C@H]2CC1. The van der Waals surface area contributed by atoms with E-state index in [2.05, 4.69) is 12.2 Å². The highest BCUT2D eigenvalue weighted by molar-refractivity contribution is 6.22. The van der Waals surface area contributed by atoms with Crippen LogP contribution in [-0.2, 0) is 9.59 Å². The van der Waals surface area contributed by atoms with Crippen LogP contribution >= 0.6 is 0 Å². The van der Waals surface area contributed by atoms with Crippen LogP contribution in [0.15, 0.2) is 60.7 Å². The fourth-order valence-electron chi connectivity index (χ4n) is 4.91. The first-order valence-corrected chi connectivity index (χ1v) is 9.45. The molecule has 0 N–H and O–H groups in total. The molecular formula is C22H18N2O4. The van der Waals surface area contributed by atoms with E-state index in [4.69, 9.17) is 0 Å². The lowest BCUT2D eigenvalue weighted by atomic mass is 9.63. The largest absolute Gasteiger partial charge is 0.274 e. The average molecular weight is 374 g/mol. The van der Waals surface area contributed by atoms with E-state index in [9.17, 15) is 19.7 Å². The number of carbonyl (C=O) groups is 2. The number of fused-ring (bicyclic) bond motifs is 1. The Morgan fingerprint density at radius 2 is 1.25 bits per heavy atom. The summed E-state index contributed by atoms with van der Waals surface area (Å²) in [7, 11) is 0. The van der Waals surface area contributed by atoms with E-state index in [1.807, 2.05) is 12.1 Å². The van der Waals surface area contributed by atoms with Gasteiger partial charge in [-0.15, -0.1) is 0 Å². The number of hydrogen-bond acceptors (Lipinski definition) is 4. The zero-order valence-corrected chi connectivity index (χ0v) is 15.0. The third-order valence-corrected chi connectivity index (χ3v) is 6.30. The first-order chi connectivity index (χ1) is 13.5. The highest BCUT2D eigenvalue weighted by Crippen LogP contribution is 2.50. The van der Waals surface area contributed by atoms with Gasteiger partial charge in [-0.1, -0.05) is 24.3 Å². The lowest BCUT2D eigenvalue weighted by Gasteiger charge is -2.38. The number of imide groups is 1. The van der Waals surface area contributed by atoms with Gasteiger partial charge in [-0.25, -0.2) is 0 Å². The lowest BCUT2D eigenvalue weighted by Crippen LogP contribution is -2.38. The normalized spacial score (nSPS) is 27.9. The molecule has 1 heterocycles. The molecular weight excluding hydrogens is 356 g/mol. The Morgan fingerprint density at radius 1 is 0.786 bits per heavy atom. The van der Waals surface area contributed by atoms with E-state index in [1.54, 1.807) is 24.3 Å². The Kier molecular flexibility index (Phi) is 3.69. The van der Waals surface area contributed by atoms with E-state index in [0.29, 0.717) is 5.69 Å². The molecule has 1 saturated carbocycles. The second-order valence-corrected chi connectivity index (χ2v) is 7.70. The predicted octanol–water partition coefficient (Wildman–Crippen LogP) is 3.96. The molecule has 1 saturated heterocycles. The minimum absolute atomic E-state index is 0.0412. The Labute approximate surface area is 161 Å². The average Bonchev–Trinajstić information content (AvgIpc) is 3.02. The van der Waals surface area contributed by atoms with Crippen LogP contribution in [0.3, 0.4) is 0 Å². The van der Waals surface area contributed by atoms with Gasteiger partial charge in [0.05, 0.1) is 22.4 Å². The van der Waals surface area contributed by atoms with Gasteiger partial charge in [-0.3, -0.25) is 24.6 Å². The van der Waals surface area contributed by atoms with E-state index in [1.165, 1.54) is 17.0 Å². The van der Waals surface area contributed by atoms with E-state index < -0.39 is 4.92 Å². The molecule has 6 nitrogen and oxygen atoms in total. The molecule has 0 unspecified atom stereocenters. The second-order valence-electron chi connectivity index (χ2n) is 7.70. The summed E-state index contributed by atoms with van der Waals surface area (Å²) >= 11 is 0. The Morgan fingerprint density at radius 3 is 1.68 bits per heavy atom. The number of nitro groups is 1. The van der Waals surface area contributed by atoms with Crippen LogP contribution in [0.2, 0.25) is 0 Å². The molecule has 4 aliphatic rings. The maximum absolute atomic E-state index is 13.0. The Balaban J connectivity index is 1.42. The molecule has 2 bridgehead atoms. The summed E-state index contributed by atoms with van der Waals surface area (Å²) in [5.41, 5.74) is 2.35. The number of amides is 2. The summed E-state index contributed by atoms with van der Waals surface area (Å²) in [6.07, 6.45) is 6.19. The maximum Gasteiger partial charge on any atom is 0.269 e. The van der Waals surface area contributed by atoms with Crippen LogP contribution in [0.5, 0.6) is 0 Å². The van der Waals surface area contributed by atoms with Crippen LogP contribution in [0.25, 0.3) is 11.1 Å². The quantitative estimate of drug-likeness (QED) is 0.352. The predicted molar refractivity (Wildman–Crippen MR) is 103 cm³/mol. The van der Waals surface area contributed by atoms with Gasteiger partial charge >= 0.3 is 0 Å². The first kappa shape index (κ1) is 16.9. The number of non-ortho nitro benzene ring substituents is 1. The maximum atomic E-state index is 13.0. The van der Waals surface area contributed by atoms with E-state index in [-0.39, 0.29) is 41.2 Å². The summed E-state index contributed by atoms with van der Waals surface area (Å²) in [5.74, 6) is -0.253. The molecule has 0 radical (unpaired) electrons. The molecule has 2 amide bonds. The van der Waals surface area contributed by atoms with Gasteiger partial charge in [-0.2, -0.15) is 0 Å². The lowest BCUT2D eigenvalue weighted by molar-refractivity contribution is -0.384. The minimum Gasteiger partial charge on any atom is -0.274 e. The van der Waals surface area contributed by atoms with Crippen molar-refractivity contribution < 1.29 is 14.5 Å². The van der Waals surface area contributed by atoms with E-state index >= 15 is 0 Å². The van der Waals surface area contributed by atoms with Gasteiger partial charge in [0.25, 0.3) is 5.69 Å². The van der Waals surface area contributed by atoms with Gasteiger partial charge in [0.2, 0.25) is 11.8 Å². The molecule has 0 spiro atoms. The zero-order chi connectivity index (χ0) is 19.4. The molecule has 2 fully saturated rings. The molecule has 4 atom stereocenters. The van der Waals surface area contributed by atoms with Crippen molar-refractivity contribution in [3.05, 3.63) is 70.8 Å². The van der Waals surface area contributed by atoms with Crippen LogP contribution in [0, 0.1) is 33.8 Å². The van der Waals surface area contributed by atoms with Gasteiger partial charge < -0.3 is 0 Å². The zero-order valence-electron chi connectivity index (χ0n) is 15.0. The number of carbonyl (C=O) groups excluding carboxylic acids is 2. The summed E-state index contributed by atoms with van der Waals surface area (Å²) < 4.78 is 0. The topological polar surface area (TPSA) is 80.5 Å². The molecule has 6 heteroatoms. The summed E-state index contributed by atoms with van der Waals surface area (Å²) in [4.78, 5) is 37.7. The Bertz CT molecular complexity index is 978. The van der Waals surface area contributed by atoms with Crippen LogP contribution in [0.4, 0.5) is 11.4 Å². The third kappa shape index (κ3) is 2.41. The monoisotopic (exact) mass is 374 g/mol. The fraction of sp³-hybridized carbons (Fsp3) is 0.273. The first-order valence-electron chi connectivity index (χ1n) is 9.45. The van der Waals surface area contributed by atoms with Crippen molar-refractivity contribution in [2.45, 2.75) is 12.8 Å². The van der Waals surface area contributed by atoms with Crippen LogP contribution in [-0.4, -0.2) is 16.7 Å². The molecule has 140 valence electrons. The van der Waals surface area contributed by atoms with Crippen molar-refractivity contribution in [1.29, 1.82) is 0 Å². The molecule has 6 rings (SSSR count). The minimum atomic E-state index is -0.432.